The van der Waals surface area contributed by atoms with Crippen LogP contribution in [0.15, 0.2) is 66.1 Å². The van der Waals surface area contributed by atoms with Gasteiger partial charge in [-0.3, -0.25) is 0 Å². The Bertz CT molecular complexity index is 1690. The highest BCUT2D eigenvalue weighted by molar-refractivity contribution is 7.91. The van der Waals surface area contributed by atoms with Gasteiger partial charge in [0.25, 0.3) is 0 Å². The van der Waals surface area contributed by atoms with Crippen LogP contribution in [0.1, 0.15) is 37.4 Å². The molecule has 1 atom stereocenters. The van der Waals surface area contributed by atoms with Crippen molar-refractivity contribution < 1.29 is 8.42 Å². The normalized spacial score (nSPS) is 15.5. The topological polar surface area (TPSA) is 131 Å². The van der Waals surface area contributed by atoms with E-state index in [9.17, 15) is 8.42 Å². The summed E-state index contributed by atoms with van der Waals surface area (Å²) in [6, 6.07) is 15.6. The molecule has 11 heteroatoms. The van der Waals surface area contributed by atoms with Gasteiger partial charge in [0.1, 0.15) is 24.1 Å². The van der Waals surface area contributed by atoms with Crippen LogP contribution in [0.2, 0.25) is 0 Å². The number of anilines is 1. The molecule has 6 rings (SSSR count). The zero-order valence-electron chi connectivity index (χ0n) is 20.5. The third kappa shape index (κ3) is 4.35. The number of benzene rings is 2. The summed E-state index contributed by atoms with van der Waals surface area (Å²) < 4.78 is 27.1. The molecule has 0 fully saturated rings. The number of aryl methyl sites for hydroxylation is 1. The SMILES string of the molecule is CC(C)[C@@H](Nc1ncnc2[nH]c(-c3cccc(-n4cnnn4)c3)cc12)c1ccc2c(c1)S(=O)(=O)CCC2. The molecule has 0 unspecified atom stereocenters. The van der Waals surface area contributed by atoms with Gasteiger partial charge in [0.2, 0.25) is 0 Å². The lowest BCUT2D eigenvalue weighted by Gasteiger charge is -2.26. The summed E-state index contributed by atoms with van der Waals surface area (Å²) in [7, 11) is -3.25. The number of tetrazole rings is 1. The highest BCUT2D eigenvalue weighted by Crippen LogP contribution is 2.34. The van der Waals surface area contributed by atoms with Crippen molar-refractivity contribution in [3.8, 4) is 16.9 Å². The maximum absolute atomic E-state index is 12.7. The fraction of sp³-hybridized carbons (Fsp3) is 0.269. The van der Waals surface area contributed by atoms with Crippen LogP contribution < -0.4 is 5.32 Å². The number of hydrogen-bond donors (Lipinski definition) is 2. The van der Waals surface area contributed by atoms with Crippen LogP contribution in [0.3, 0.4) is 0 Å². The molecule has 37 heavy (non-hydrogen) atoms. The molecular formula is C26H26N8O2S. The number of nitrogens with zero attached hydrogens (tertiary/aromatic N) is 6. The van der Waals surface area contributed by atoms with Crippen molar-refractivity contribution in [2.45, 2.75) is 37.6 Å². The molecule has 0 radical (unpaired) electrons. The lowest BCUT2D eigenvalue weighted by atomic mass is 9.94. The van der Waals surface area contributed by atoms with Gasteiger partial charge >= 0.3 is 0 Å². The molecule has 188 valence electrons. The fourth-order valence-corrected chi connectivity index (χ4v) is 6.54. The van der Waals surface area contributed by atoms with Crippen LogP contribution in [0.5, 0.6) is 0 Å². The van der Waals surface area contributed by atoms with Gasteiger partial charge in [-0.05, 0) is 64.6 Å². The van der Waals surface area contributed by atoms with Gasteiger partial charge in [-0.25, -0.2) is 23.1 Å². The number of aromatic amines is 1. The Morgan fingerprint density at radius 2 is 1.97 bits per heavy atom. The van der Waals surface area contributed by atoms with E-state index in [2.05, 4.69) is 49.6 Å². The van der Waals surface area contributed by atoms with E-state index in [4.69, 9.17) is 0 Å². The number of H-pyrrole nitrogens is 1. The van der Waals surface area contributed by atoms with Crippen molar-refractivity contribution in [2.75, 3.05) is 11.1 Å². The molecular weight excluding hydrogens is 488 g/mol. The molecule has 2 N–H and O–H groups in total. The van der Waals surface area contributed by atoms with E-state index < -0.39 is 9.84 Å². The zero-order chi connectivity index (χ0) is 25.6. The van der Waals surface area contributed by atoms with Crippen molar-refractivity contribution in [1.82, 2.24) is 35.2 Å². The third-order valence-electron chi connectivity index (χ3n) is 6.80. The minimum absolute atomic E-state index is 0.137. The number of sulfone groups is 1. The number of aromatic nitrogens is 7. The summed E-state index contributed by atoms with van der Waals surface area (Å²) in [6.07, 6.45) is 4.54. The number of fused-ring (bicyclic) bond motifs is 2. The second kappa shape index (κ2) is 9.07. The van der Waals surface area contributed by atoms with Crippen molar-refractivity contribution in [2.24, 2.45) is 5.92 Å². The van der Waals surface area contributed by atoms with Gasteiger partial charge in [0, 0.05) is 11.3 Å². The molecule has 5 aromatic rings. The first-order chi connectivity index (χ1) is 17.9. The Balaban J connectivity index is 1.36. The minimum atomic E-state index is -3.25. The summed E-state index contributed by atoms with van der Waals surface area (Å²) in [6.45, 7) is 4.22. The second-order valence-electron chi connectivity index (χ2n) is 9.63. The quantitative estimate of drug-likeness (QED) is 0.346. The lowest BCUT2D eigenvalue weighted by molar-refractivity contribution is 0.542. The predicted molar refractivity (Wildman–Crippen MR) is 140 cm³/mol. The predicted octanol–water partition coefficient (Wildman–Crippen LogP) is 4.13. The molecule has 0 spiro atoms. The van der Waals surface area contributed by atoms with Crippen LogP contribution in [-0.4, -0.2) is 49.3 Å². The van der Waals surface area contributed by atoms with Gasteiger partial charge in [0.05, 0.1) is 27.8 Å². The van der Waals surface area contributed by atoms with Gasteiger partial charge in [0.15, 0.2) is 9.84 Å². The number of rotatable bonds is 6. The Labute approximate surface area is 214 Å². The molecule has 3 aromatic heterocycles. The summed E-state index contributed by atoms with van der Waals surface area (Å²) in [5.74, 6) is 1.07. The second-order valence-corrected chi connectivity index (χ2v) is 11.7. The summed E-state index contributed by atoms with van der Waals surface area (Å²) in [5, 5.41) is 15.8. The van der Waals surface area contributed by atoms with E-state index in [1.807, 2.05) is 48.5 Å². The molecule has 1 aliphatic heterocycles. The third-order valence-corrected chi connectivity index (χ3v) is 8.68. The molecule has 10 nitrogen and oxygen atoms in total. The Kier molecular flexibility index (Phi) is 5.71. The van der Waals surface area contributed by atoms with E-state index in [1.165, 1.54) is 6.33 Å². The lowest BCUT2D eigenvalue weighted by Crippen LogP contribution is -2.20. The average molecular weight is 515 g/mol. The average Bonchev–Trinajstić information content (AvgIpc) is 3.58. The largest absolute Gasteiger partial charge is 0.362 e. The van der Waals surface area contributed by atoms with E-state index >= 15 is 0 Å². The Morgan fingerprint density at radius 3 is 2.78 bits per heavy atom. The van der Waals surface area contributed by atoms with Crippen LogP contribution in [-0.2, 0) is 16.3 Å². The first-order valence-electron chi connectivity index (χ1n) is 12.2. The first-order valence-corrected chi connectivity index (χ1v) is 13.8. The molecule has 0 saturated carbocycles. The maximum atomic E-state index is 12.7. The molecule has 0 amide bonds. The monoisotopic (exact) mass is 514 g/mol. The van der Waals surface area contributed by atoms with Crippen molar-refractivity contribution in [3.05, 3.63) is 72.3 Å². The molecule has 2 aromatic carbocycles. The van der Waals surface area contributed by atoms with Crippen molar-refractivity contribution in [3.63, 3.8) is 0 Å². The Morgan fingerprint density at radius 1 is 1.08 bits per heavy atom. The number of hydrogen-bond acceptors (Lipinski definition) is 8. The zero-order valence-corrected chi connectivity index (χ0v) is 21.3. The molecule has 0 bridgehead atoms. The highest BCUT2D eigenvalue weighted by Gasteiger charge is 2.26. The number of nitrogens with one attached hydrogen (secondary N) is 2. The van der Waals surface area contributed by atoms with Gasteiger partial charge in [-0.15, -0.1) is 5.10 Å². The van der Waals surface area contributed by atoms with Crippen molar-refractivity contribution in [1.29, 1.82) is 0 Å². The summed E-state index contributed by atoms with van der Waals surface area (Å²) in [5.41, 5.74) is 5.22. The molecule has 4 heterocycles. The van der Waals surface area contributed by atoms with E-state index in [-0.39, 0.29) is 17.7 Å². The molecule has 1 aliphatic rings. The van der Waals surface area contributed by atoms with E-state index in [0.717, 1.165) is 39.9 Å². The molecule has 0 saturated heterocycles. The standard InChI is InChI=1S/C26H26N8O2S/c1-16(2)24(19-9-8-17-6-4-10-37(35,36)23(17)12-19)31-26-21-13-22(30-25(21)27-14-28-26)18-5-3-7-20(11-18)34-15-29-32-33-34/h3,5,7-9,11-16,24H,4,6,10H2,1-2H3,(H2,27,28,30,31)/t24-/m1/s1. The van der Waals surface area contributed by atoms with E-state index in [1.54, 1.807) is 11.0 Å². The van der Waals surface area contributed by atoms with Crippen LogP contribution in [0.25, 0.3) is 28.0 Å². The smallest absolute Gasteiger partial charge is 0.178 e. The van der Waals surface area contributed by atoms with Gasteiger partial charge in [-0.2, -0.15) is 0 Å². The van der Waals surface area contributed by atoms with Crippen LogP contribution in [0, 0.1) is 5.92 Å². The van der Waals surface area contributed by atoms with Gasteiger partial charge < -0.3 is 10.3 Å². The first kappa shape index (κ1) is 23.3. The highest BCUT2D eigenvalue weighted by atomic mass is 32.2. The fourth-order valence-electron chi connectivity index (χ4n) is 4.91. The van der Waals surface area contributed by atoms with Gasteiger partial charge in [-0.1, -0.05) is 38.1 Å². The maximum Gasteiger partial charge on any atom is 0.178 e. The van der Waals surface area contributed by atoms with Crippen LogP contribution >= 0.6 is 0 Å². The van der Waals surface area contributed by atoms with Crippen molar-refractivity contribution >= 4 is 26.7 Å². The summed E-state index contributed by atoms with van der Waals surface area (Å²) in [4.78, 5) is 12.8. The summed E-state index contributed by atoms with van der Waals surface area (Å²) >= 11 is 0. The Hall–Kier alpha value is -4.12. The van der Waals surface area contributed by atoms with E-state index in [0.29, 0.717) is 22.8 Å². The minimum Gasteiger partial charge on any atom is -0.362 e. The molecule has 0 aliphatic carbocycles. The van der Waals surface area contributed by atoms with Crippen LogP contribution in [0.4, 0.5) is 5.82 Å².